The lowest BCUT2D eigenvalue weighted by Crippen LogP contribution is -2.86. The largest absolute Gasteiger partial charge is 0.465 e. The monoisotopic (exact) mass is 409 g/mol. The van der Waals surface area contributed by atoms with Crippen LogP contribution in [0.5, 0.6) is 0 Å². The highest BCUT2D eigenvalue weighted by Crippen LogP contribution is 2.38. The Balaban J connectivity index is 1.67. The van der Waals surface area contributed by atoms with E-state index >= 15 is 0 Å². The van der Waals surface area contributed by atoms with Crippen molar-refractivity contribution in [1.82, 2.24) is 0 Å². The van der Waals surface area contributed by atoms with Crippen LogP contribution >= 0.6 is 11.3 Å². The van der Waals surface area contributed by atoms with Gasteiger partial charge in [-0.05, 0) is 56.4 Å². The molecule has 1 heterocycles. The summed E-state index contributed by atoms with van der Waals surface area (Å²) in [4.78, 5) is 25.8. The Bertz CT molecular complexity index is 898. The van der Waals surface area contributed by atoms with Crippen LogP contribution in [-0.4, -0.2) is 25.5 Å². The van der Waals surface area contributed by atoms with Gasteiger partial charge in [-0.3, -0.25) is 4.79 Å². The molecule has 3 N–H and O–H groups in total. The Morgan fingerprint density at radius 3 is 2.71 bits per heavy atom. The molecule has 0 saturated heterocycles. The van der Waals surface area contributed by atoms with E-state index in [2.05, 4.69) is 5.32 Å². The minimum absolute atomic E-state index is 0.0866. The van der Waals surface area contributed by atoms with Crippen molar-refractivity contribution in [3.63, 3.8) is 0 Å². The first-order valence-electron chi connectivity index (χ1n) is 9.21. The average molecular weight is 409 g/mol. The zero-order chi connectivity index (χ0) is 20.3. The molecule has 1 amide bonds. The van der Waals surface area contributed by atoms with Crippen molar-refractivity contribution >= 4 is 28.2 Å². The zero-order valence-electron chi connectivity index (χ0n) is 15.8. The molecule has 0 spiro atoms. The van der Waals surface area contributed by atoms with E-state index in [0.29, 0.717) is 16.1 Å². The van der Waals surface area contributed by atoms with E-state index in [9.17, 15) is 18.4 Å². The molecule has 1 aliphatic carbocycles. The van der Waals surface area contributed by atoms with E-state index in [1.54, 1.807) is 5.32 Å². The van der Waals surface area contributed by atoms with Gasteiger partial charge in [-0.1, -0.05) is 0 Å². The van der Waals surface area contributed by atoms with Gasteiger partial charge in [-0.15, -0.1) is 11.3 Å². The topological polar surface area (TPSA) is 72.0 Å². The molecule has 3 rings (SSSR count). The number of ether oxygens (including phenoxy) is 1. The third kappa shape index (κ3) is 4.39. The number of amides is 1. The number of halogens is 2. The van der Waals surface area contributed by atoms with E-state index in [4.69, 9.17) is 4.74 Å². The second kappa shape index (κ2) is 8.79. The summed E-state index contributed by atoms with van der Waals surface area (Å²) in [6, 6.07) is 3.49. The first kappa shape index (κ1) is 20.4. The normalized spacial score (nSPS) is 14.3. The van der Waals surface area contributed by atoms with E-state index in [-0.39, 0.29) is 18.5 Å². The van der Waals surface area contributed by atoms with Gasteiger partial charge in [0.1, 0.15) is 11.0 Å². The number of methoxy groups -OCH3 is 1. The van der Waals surface area contributed by atoms with Crippen molar-refractivity contribution in [2.75, 3.05) is 19.0 Å². The van der Waals surface area contributed by atoms with Gasteiger partial charge in [0.2, 0.25) is 0 Å². The van der Waals surface area contributed by atoms with Gasteiger partial charge in [0.05, 0.1) is 12.7 Å². The van der Waals surface area contributed by atoms with E-state index < -0.39 is 17.6 Å². The van der Waals surface area contributed by atoms with Gasteiger partial charge >= 0.3 is 5.97 Å². The van der Waals surface area contributed by atoms with E-state index in [1.807, 2.05) is 6.92 Å². The maximum absolute atomic E-state index is 13.4. The number of esters is 1. The van der Waals surface area contributed by atoms with Crippen molar-refractivity contribution in [2.24, 2.45) is 0 Å². The summed E-state index contributed by atoms with van der Waals surface area (Å²) in [6.07, 6.45) is 3.80. The summed E-state index contributed by atoms with van der Waals surface area (Å²) in [5.74, 6) is -2.51. The molecule has 150 valence electrons. The maximum Gasteiger partial charge on any atom is 0.341 e. The molecule has 0 unspecified atom stereocenters. The molecular formula is C20H23F2N2O3S+. The summed E-state index contributed by atoms with van der Waals surface area (Å²) in [7, 11) is 1.33. The number of nitrogens with one attached hydrogen (secondary N) is 1. The molecule has 1 aromatic heterocycles. The number of aryl methyl sites for hydroxylation is 1. The predicted molar refractivity (Wildman–Crippen MR) is 102 cm³/mol. The molecule has 0 saturated carbocycles. The second-order valence-electron chi connectivity index (χ2n) is 6.86. The number of hydrogen-bond donors (Lipinski definition) is 2. The van der Waals surface area contributed by atoms with Gasteiger partial charge in [0, 0.05) is 10.4 Å². The summed E-state index contributed by atoms with van der Waals surface area (Å²) >= 11 is 1.43. The number of quaternary nitrogens is 1. The molecule has 1 aromatic carbocycles. The number of carbonyl (C=O) groups is 2. The Kier molecular flexibility index (Phi) is 6.41. The number of rotatable bonds is 6. The molecular weight excluding hydrogens is 386 g/mol. The van der Waals surface area contributed by atoms with E-state index in [0.717, 1.165) is 48.3 Å². The van der Waals surface area contributed by atoms with Crippen LogP contribution < -0.4 is 10.6 Å². The minimum Gasteiger partial charge on any atom is -0.465 e. The molecule has 0 fully saturated rings. The van der Waals surface area contributed by atoms with Crippen molar-refractivity contribution in [1.29, 1.82) is 0 Å². The Morgan fingerprint density at radius 2 is 2.00 bits per heavy atom. The SMILES string of the molecule is COC(=O)c1c(NC(=O)C[NH2+][C@H](C)c2ccc(F)c(F)c2)sc2c1CCCC2. The van der Waals surface area contributed by atoms with Crippen LogP contribution in [0.25, 0.3) is 0 Å². The molecule has 5 nitrogen and oxygen atoms in total. The van der Waals surface area contributed by atoms with Crippen LogP contribution in [0.1, 0.15) is 52.2 Å². The van der Waals surface area contributed by atoms with Gasteiger partial charge in [-0.25, -0.2) is 13.6 Å². The Hall–Kier alpha value is -2.32. The fourth-order valence-corrected chi connectivity index (χ4v) is 4.66. The molecule has 0 radical (unpaired) electrons. The fourth-order valence-electron chi connectivity index (χ4n) is 3.37. The highest BCUT2D eigenvalue weighted by Gasteiger charge is 2.27. The third-order valence-electron chi connectivity index (χ3n) is 4.94. The van der Waals surface area contributed by atoms with Gasteiger partial charge < -0.3 is 15.4 Å². The minimum atomic E-state index is -0.908. The van der Waals surface area contributed by atoms with Crippen molar-refractivity contribution < 1.29 is 28.4 Å². The summed E-state index contributed by atoms with van der Waals surface area (Å²) in [5, 5.41) is 5.08. The molecule has 0 bridgehead atoms. The van der Waals surface area contributed by atoms with Crippen molar-refractivity contribution in [3.05, 3.63) is 51.4 Å². The fraction of sp³-hybridized carbons (Fsp3) is 0.400. The number of fused-ring (bicyclic) bond motifs is 1. The first-order valence-corrected chi connectivity index (χ1v) is 10.0. The number of hydrogen-bond acceptors (Lipinski definition) is 4. The first-order chi connectivity index (χ1) is 13.4. The summed E-state index contributed by atoms with van der Waals surface area (Å²) in [5.41, 5.74) is 2.04. The second-order valence-corrected chi connectivity index (χ2v) is 7.96. The lowest BCUT2D eigenvalue weighted by atomic mass is 9.95. The molecule has 8 heteroatoms. The summed E-state index contributed by atoms with van der Waals surface area (Å²) < 4.78 is 31.3. The third-order valence-corrected chi connectivity index (χ3v) is 6.15. The average Bonchev–Trinajstić information content (AvgIpc) is 3.05. The quantitative estimate of drug-likeness (QED) is 0.721. The molecule has 0 aliphatic heterocycles. The molecule has 1 aliphatic rings. The van der Waals surface area contributed by atoms with Gasteiger partial charge in [0.25, 0.3) is 5.91 Å². The van der Waals surface area contributed by atoms with Gasteiger partial charge in [-0.2, -0.15) is 0 Å². The maximum atomic E-state index is 13.4. The van der Waals surface area contributed by atoms with Crippen molar-refractivity contribution in [2.45, 2.75) is 38.6 Å². The highest BCUT2D eigenvalue weighted by atomic mass is 32.1. The van der Waals surface area contributed by atoms with Gasteiger partial charge in [0.15, 0.2) is 18.2 Å². The number of nitrogens with two attached hydrogens (primary N) is 1. The molecule has 2 aromatic rings. The number of anilines is 1. The predicted octanol–water partition coefficient (Wildman–Crippen LogP) is 2.95. The lowest BCUT2D eigenvalue weighted by Gasteiger charge is -2.12. The van der Waals surface area contributed by atoms with Crippen LogP contribution in [0.4, 0.5) is 13.8 Å². The van der Waals surface area contributed by atoms with Crippen molar-refractivity contribution in [3.8, 4) is 0 Å². The van der Waals surface area contributed by atoms with Crippen LogP contribution in [0.15, 0.2) is 18.2 Å². The van der Waals surface area contributed by atoms with Crippen LogP contribution in [0, 0.1) is 11.6 Å². The molecule has 28 heavy (non-hydrogen) atoms. The zero-order valence-corrected chi connectivity index (χ0v) is 16.6. The number of thiophene rings is 1. The standard InChI is InChI=1S/C20H22F2N2O3S/c1-11(12-7-8-14(21)15(22)9-12)23-10-17(25)24-19-18(20(26)27-2)13-5-3-4-6-16(13)28-19/h7-9,11,23H,3-6,10H2,1-2H3,(H,24,25)/p+1/t11-/m1/s1. The highest BCUT2D eigenvalue weighted by molar-refractivity contribution is 7.17. The molecule has 1 atom stereocenters. The van der Waals surface area contributed by atoms with E-state index in [1.165, 1.54) is 24.5 Å². The Labute approximate surface area is 166 Å². The van der Waals surface area contributed by atoms with Crippen LogP contribution in [0.3, 0.4) is 0 Å². The Morgan fingerprint density at radius 1 is 1.25 bits per heavy atom. The lowest BCUT2D eigenvalue weighted by molar-refractivity contribution is -0.682. The smallest absolute Gasteiger partial charge is 0.341 e. The van der Waals surface area contributed by atoms with Crippen LogP contribution in [-0.2, 0) is 22.4 Å². The number of benzene rings is 1. The number of carbonyl (C=O) groups excluding carboxylic acids is 2. The van der Waals surface area contributed by atoms with Crippen LogP contribution in [0.2, 0.25) is 0 Å². The summed E-state index contributed by atoms with van der Waals surface area (Å²) in [6.45, 7) is 1.90.